The molecule has 4 atom stereocenters. The largest absolute Gasteiger partial charge is 0.497 e. The van der Waals surface area contributed by atoms with Gasteiger partial charge in [-0.3, -0.25) is 14.3 Å². The van der Waals surface area contributed by atoms with E-state index in [0.717, 1.165) is 36.0 Å². The predicted octanol–water partition coefficient (Wildman–Crippen LogP) is 8.54. The fraction of sp³-hybridized carbons (Fsp3) is 0.500. The zero-order valence-electron chi connectivity index (χ0n) is 36.5. The minimum atomic E-state index is -2.35. The van der Waals surface area contributed by atoms with E-state index in [9.17, 15) is 9.90 Å². The third-order valence-corrected chi connectivity index (χ3v) is 18.0. The van der Waals surface area contributed by atoms with Gasteiger partial charge in [0.1, 0.15) is 42.2 Å². The molecule has 6 rings (SSSR count). The van der Waals surface area contributed by atoms with E-state index in [1.165, 1.54) is 6.33 Å². The number of hydrogen-bond donors (Lipinski definition) is 3. The lowest BCUT2D eigenvalue weighted by atomic mass is 9.80. The van der Waals surface area contributed by atoms with Crippen LogP contribution in [0.1, 0.15) is 90.6 Å². The van der Waals surface area contributed by atoms with E-state index in [0.29, 0.717) is 46.3 Å². The first-order valence-electron chi connectivity index (χ1n) is 21.2. The quantitative estimate of drug-likeness (QED) is 0.0282. The van der Waals surface area contributed by atoms with Crippen LogP contribution in [0.15, 0.2) is 90.0 Å². The minimum Gasteiger partial charge on any atom is -0.497 e. The Labute approximate surface area is 354 Å². The van der Waals surface area contributed by atoms with Crippen LogP contribution in [0.25, 0.3) is 11.2 Å². The predicted molar refractivity (Wildman–Crippen MR) is 236 cm³/mol. The number of aliphatic hydroxyl groups is 1. The van der Waals surface area contributed by atoms with E-state index in [4.69, 9.17) is 33.1 Å². The molecule has 324 valence electrons. The fourth-order valence-electron chi connectivity index (χ4n) is 9.03. The molecule has 60 heavy (non-hydrogen) atoms. The van der Waals surface area contributed by atoms with Crippen LogP contribution >= 0.6 is 0 Å². The van der Waals surface area contributed by atoms with Crippen molar-refractivity contribution < 1.29 is 33.2 Å². The molecule has 0 unspecified atom stereocenters. The van der Waals surface area contributed by atoms with Gasteiger partial charge in [0, 0.05) is 6.54 Å². The molecule has 3 heterocycles. The number of fused-ring (bicyclic) bond motifs is 1. The van der Waals surface area contributed by atoms with Gasteiger partial charge in [-0.15, -0.1) is 0 Å². The molecule has 1 aliphatic heterocycles. The second kappa shape index (κ2) is 19.9. The summed E-state index contributed by atoms with van der Waals surface area (Å²) in [6.07, 6.45) is 0.604. The van der Waals surface area contributed by atoms with Gasteiger partial charge in [0.25, 0.3) is 5.56 Å². The summed E-state index contributed by atoms with van der Waals surface area (Å²) in [5.41, 5.74) is 2.41. The van der Waals surface area contributed by atoms with Crippen LogP contribution in [0, 0.1) is 0 Å². The Morgan fingerprint density at radius 3 is 2.00 bits per heavy atom. The highest BCUT2D eigenvalue weighted by Crippen LogP contribution is 2.45. The first-order valence-corrected chi connectivity index (χ1v) is 23.3. The van der Waals surface area contributed by atoms with Gasteiger partial charge >= 0.3 is 0 Å². The monoisotopic (exact) mass is 841 g/mol. The lowest BCUT2D eigenvalue weighted by molar-refractivity contribution is -0.114. The van der Waals surface area contributed by atoms with E-state index < -0.39 is 38.5 Å². The highest BCUT2D eigenvalue weighted by molar-refractivity contribution is 6.77. The molecular weight excluding hydrogens is 779 g/mol. The first kappa shape index (κ1) is 45.0. The summed E-state index contributed by atoms with van der Waals surface area (Å²) in [6, 6.07) is 25.5. The van der Waals surface area contributed by atoms with Crippen LogP contribution in [0.3, 0.4) is 0 Å². The van der Waals surface area contributed by atoms with Crippen molar-refractivity contribution >= 4 is 25.4 Å². The van der Waals surface area contributed by atoms with Crippen molar-refractivity contribution in [3.05, 3.63) is 112 Å². The Morgan fingerprint density at radius 1 is 0.867 bits per heavy atom. The van der Waals surface area contributed by atoms with Crippen LogP contribution in [0.5, 0.6) is 11.5 Å². The van der Waals surface area contributed by atoms with E-state index >= 15 is 0 Å². The van der Waals surface area contributed by atoms with Gasteiger partial charge in [0.2, 0.25) is 14.3 Å². The molecule has 13 nitrogen and oxygen atoms in total. The normalized spacial score (nSPS) is 18.6. The smallest absolute Gasteiger partial charge is 0.280 e. The number of nitrogens with zero attached hydrogens (tertiary/aromatic N) is 3. The van der Waals surface area contributed by atoms with Crippen molar-refractivity contribution in [1.29, 1.82) is 0 Å². The van der Waals surface area contributed by atoms with Crippen LogP contribution < -0.4 is 20.3 Å². The Kier molecular flexibility index (Phi) is 14.9. The molecule has 14 heteroatoms. The first-order chi connectivity index (χ1) is 28.9. The highest BCUT2D eigenvalue weighted by atomic mass is 28.4. The maximum Gasteiger partial charge on any atom is 0.280 e. The number of H-pyrrole nitrogens is 1. The van der Waals surface area contributed by atoms with Crippen molar-refractivity contribution in [3.63, 3.8) is 0 Å². The van der Waals surface area contributed by atoms with Crippen LogP contribution in [0.4, 0.5) is 5.95 Å². The Morgan fingerprint density at radius 2 is 1.45 bits per heavy atom. The molecule has 1 fully saturated rings. The van der Waals surface area contributed by atoms with Crippen molar-refractivity contribution in [3.8, 4) is 11.5 Å². The Hall–Kier alpha value is -4.57. The summed E-state index contributed by atoms with van der Waals surface area (Å²) in [5, 5.41) is 15.6. The number of ether oxygens (including phenoxy) is 5. The molecule has 3 N–H and O–H groups in total. The van der Waals surface area contributed by atoms with Crippen molar-refractivity contribution in [2.45, 2.75) is 114 Å². The summed E-state index contributed by atoms with van der Waals surface area (Å²) in [4.78, 5) is 25.4. The minimum absolute atomic E-state index is 0.0492. The molecule has 0 radical (unpaired) electrons. The van der Waals surface area contributed by atoms with Gasteiger partial charge < -0.3 is 38.5 Å². The molecule has 0 amide bonds. The lowest BCUT2D eigenvalue weighted by Gasteiger charge is -2.42. The summed E-state index contributed by atoms with van der Waals surface area (Å²) < 4.78 is 40.2. The fourth-order valence-corrected chi connectivity index (χ4v) is 14.3. The molecule has 0 aliphatic carbocycles. The molecule has 0 bridgehead atoms. The van der Waals surface area contributed by atoms with E-state index in [1.807, 2.05) is 78.9 Å². The number of anilines is 1. The number of rotatable bonds is 21. The second-order valence-electron chi connectivity index (χ2n) is 16.5. The molecule has 1 saturated heterocycles. The van der Waals surface area contributed by atoms with Crippen molar-refractivity contribution in [1.82, 2.24) is 19.5 Å². The molecule has 2 aromatic heterocycles. The molecular formula is C46H63N5O8Si. The lowest BCUT2D eigenvalue weighted by Crippen LogP contribution is -2.49. The van der Waals surface area contributed by atoms with E-state index in [-0.39, 0.29) is 24.5 Å². The van der Waals surface area contributed by atoms with E-state index in [2.05, 4.69) is 63.8 Å². The number of nitrogens with one attached hydrogen (secondary N) is 2. The molecule has 3 aromatic carbocycles. The van der Waals surface area contributed by atoms with Crippen LogP contribution in [-0.4, -0.2) is 85.4 Å². The number of methoxy groups -OCH3 is 2. The maximum atomic E-state index is 13.3. The van der Waals surface area contributed by atoms with Gasteiger partial charge in [-0.05, 0) is 64.0 Å². The Balaban J connectivity index is 1.40. The number of benzene rings is 3. The number of aromatic nitrogens is 4. The standard InChI is InChI=1S/C46H63N5O8Si/c1-10-11-15-26-47-45-49-42-39(43(53)50-45)48-28-51(42)44-41(56-29-58-60(30(2)3,31(4)5)32(6)7)40(52)38(59-44)27-57-46(33-16-13-12-14-17-33,34-18-22-36(54-8)23-19-34)35-20-24-37(55-9)25-21-35/h12-14,16-25,28,30-32,38,40-41,44,52H,10-11,15,26-27,29H2,1-9H3,(H2,47,49,50,53)/t38-,40-,41-,44-/m1/s1. The van der Waals surface area contributed by atoms with E-state index in [1.54, 1.807) is 18.8 Å². The van der Waals surface area contributed by atoms with Crippen molar-refractivity contribution in [2.75, 3.05) is 39.5 Å². The summed E-state index contributed by atoms with van der Waals surface area (Å²) in [6.45, 7) is 16.0. The summed E-state index contributed by atoms with van der Waals surface area (Å²) in [5.74, 6) is 1.74. The number of imidazole rings is 1. The molecule has 0 spiro atoms. The topological polar surface area (TPSA) is 151 Å². The number of unbranched alkanes of at least 4 members (excludes halogenated alkanes) is 2. The van der Waals surface area contributed by atoms with Crippen LogP contribution in [0.2, 0.25) is 16.6 Å². The highest BCUT2D eigenvalue weighted by Gasteiger charge is 2.50. The average molecular weight is 842 g/mol. The van der Waals surface area contributed by atoms with Gasteiger partial charge in [0.15, 0.2) is 17.4 Å². The zero-order valence-corrected chi connectivity index (χ0v) is 37.5. The zero-order chi connectivity index (χ0) is 43.0. The third-order valence-electron chi connectivity index (χ3n) is 12.0. The number of aliphatic hydroxyl groups excluding tert-OH is 1. The molecule has 0 saturated carbocycles. The maximum absolute atomic E-state index is 13.3. The SMILES string of the molecule is CCCCCNc1nc2c(ncn2[C@@H]2O[C@H](COC(c3ccccc3)(c3ccc(OC)cc3)c3ccc(OC)cc3)[C@@H](O)[C@H]2OCO[Si](C(C)C)(C(C)C)C(C)C)c(=O)[nH]1. The summed E-state index contributed by atoms with van der Waals surface area (Å²) >= 11 is 0. The number of hydrogen-bond acceptors (Lipinski definition) is 11. The van der Waals surface area contributed by atoms with Gasteiger partial charge in [-0.2, -0.15) is 4.98 Å². The molecule has 5 aromatic rings. The van der Waals surface area contributed by atoms with Gasteiger partial charge in [-0.1, -0.05) is 116 Å². The molecule has 1 aliphatic rings. The van der Waals surface area contributed by atoms with Gasteiger partial charge in [0.05, 0.1) is 27.2 Å². The third kappa shape index (κ3) is 9.04. The number of aromatic amines is 1. The van der Waals surface area contributed by atoms with Crippen molar-refractivity contribution in [2.24, 2.45) is 0 Å². The second-order valence-corrected chi connectivity index (χ2v) is 21.9. The summed E-state index contributed by atoms with van der Waals surface area (Å²) in [7, 11) is 0.922. The van der Waals surface area contributed by atoms with Crippen LogP contribution in [-0.2, 0) is 24.2 Å². The Bertz CT molecular complexity index is 2090. The van der Waals surface area contributed by atoms with Gasteiger partial charge in [-0.25, -0.2) is 4.98 Å². The average Bonchev–Trinajstić information content (AvgIpc) is 3.81.